The quantitative estimate of drug-likeness (QED) is 0.856. The van der Waals surface area contributed by atoms with Gasteiger partial charge < -0.3 is 10.1 Å². The van der Waals surface area contributed by atoms with E-state index in [-0.39, 0.29) is 17.7 Å². The Labute approximate surface area is 113 Å². The second kappa shape index (κ2) is 6.90. The first kappa shape index (κ1) is 13.6. The van der Waals surface area contributed by atoms with Gasteiger partial charge in [-0.15, -0.1) is 0 Å². The molecular formula is C16H18FNO. The van der Waals surface area contributed by atoms with Gasteiger partial charge in [-0.25, -0.2) is 4.39 Å². The fourth-order valence-electron chi connectivity index (χ4n) is 1.86. The Balaban J connectivity index is 2.17. The average molecular weight is 259 g/mol. The van der Waals surface area contributed by atoms with Crippen LogP contribution in [0.5, 0.6) is 5.75 Å². The number of rotatable bonds is 6. The summed E-state index contributed by atoms with van der Waals surface area (Å²) < 4.78 is 19.4. The Morgan fingerprint density at radius 3 is 2.42 bits per heavy atom. The molecule has 2 aromatic rings. The lowest BCUT2D eigenvalue weighted by molar-refractivity contribution is 0.193. The van der Waals surface area contributed by atoms with Gasteiger partial charge in [0.2, 0.25) is 0 Å². The highest BCUT2D eigenvalue weighted by Gasteiger charge is 2.14. The maximum Gasteiger partial charge on any atom is 0.165 e. The number of para-hydroxylation sites is 1. The van der Waals surface area contributed by atoms with Gasteiger partial charge in [-0.1, -0.05) is 49.4 Å². The average Bonchev–Trinajstić information content (AvgIpc) is 2.46. The third kappa shape index (κ3) is 3.80. The van der Waals surface area contributed by atoms with Crippen LogP contribution in [0.1, 0.15) is 18.6 Å². The summed E-state index contributed by atoms with van der Waals surface area (Å²) >= 11 is 0. The SMILES string of the molecule is CCNCC(Oc1ccccc1F)c1ccccc1. The van der Waals surface area contributed by atoms with E-state index in [9.17, 15) is 4.39 Å². The molecule has 100 valence electrons. The van der Waals surface area contributed by atoms with Crippen LogP contribution in [-0.4, -0.2) is 13.1 Å². The number of benzene rings is 2. The van der Waals surface area contributed by atoms with Gasteiger partial charge in [0.05, 0.1) is 0 Å². The smallest absolute Gasteiger partial charge is 0.165 e. The number of nitrogens with one attached hydrogen (secondary N) is 1. The lowest BCUT2D eigenvalue weighted by atomic mass is 10.1. The van der Waals surface area contributed by atoms with Crippen molar-refractivity contribution in [2.75, 3.05) is 13.1 Å². The molecule has 0 amide bonds. The zero-order valence-electron chi connectivity index (χ0n) is 11.0. The lowest BCUT2D eigenvalue weighted by Gasteiger charge is -2.20. The normalized spacial score (nSPS) is 12.1. The third-order valence-electron chi connectivity index (χ3n) is 2.86. The number of likely N-dealkylation sites (N-methyl/N-ethyl adjacent to an activating group) is 1. The van der Waals surface area contributed by atoms with Crippen LogP contribution < -0.4 is 10.1 Å². The van der Waals surface area contributed by atoms with Gasteiger partial charge in [-0.05, 0) is 24.2 Å². The van der Waals surface area contributed by atoms with Crippen LogP contribution in [0.15, 0.2) is 54.6 Å². The summed E-state index contributed by atoms with van der Waals surface area (Å²) in [6.07, 6.45) is -0.196. The standard InChI is InChI=1S/C16H18FNO/c1-2-18-12-16(13-8-4-3-5-9-13)19-15-11-7-6-10-14(15)17/h3-11,16,18H,2,12H2,1H3. The van der Waals surface area contributed by atoms with E-state index in [0.29, 0.717) is 6.54 Å². The lowest BCUT2D eigenvalue weighted by Crippen LogP contribution is -2.25. The highest BCUT2D eigenvalue weighted by molar-refractivity contribution is 5.26. The number of hydrogen-bond donors (Lipinski definition) is 1. The van der Waals surface area contributed by atoms with E-state index in [2.05, 4.69) is 5.32 Å². The number of hydrogen-bond acceptors (Lipinski definition) is 2. The molecule has 0 heterocycles. The molecule has 0 aliphatic rings. The maximum absolute atomic E-state index is 13.6. The zero-order valence-corrected chi connectivity index (χ0v) is 11.0. The minimum absolute atomic E-state index is 0.196. The summed E-state index contributed by atoms with van der Waals surface area (Å²) in [7, 11) is 0. The fraction of sp³-hybridized carbons (Fsp3) is 0.250. The summed E-state index contributed by atoms with van der Waals surface area (Å²) in [5.41, 5.74) is 1.03. The fourth-order valence-corrected chi connectivity index (χ4v) is 1.86. The van der Waals surface area contributed by atoms with E-state index in [4.69, 9.17) is 4.74 Å². The van der Waals surface area contributed by atoms with Crippen LogP contribution in [0.4, 0.5) is 4.39 Å². The van der Waals surface area contributed by atoms with E-state index in [1.165, 1.54) is 6.07 Å². The first-order valence-electron chi connectivity index (χ1n) is 6.48. The van der Waals surface area contributed by atoms with Crippen molar-refractivity contribution in [3.63, 3.8) is 0 Å². The summed E-state index contributed by atoms with van der Waals surface area (Å²) in [6, 6.07) is 16.3. The number of halogens is 1. The van der Waals surface area contributed by atoms with Crippen LogP contribution in [0, 0.1) is 5.82 Å². The second-order valence-corrected chi connectivity index (χ2v) is 4.26. The van der Waals surface area contributed by atoms with Gasteiger partial charge in [0, 0.05) is 6.54 Å². The van der Waals surface area contributed by atoms with Gasteiger partial charge in [0.25, 0.3) is 0 Å². The van der Waals surface area contributed by atoms with Crippen molar-refractivity contribution in [3.05, 3.63) is 66.0 Å². The van der Waals surface area contributed by atoms with Crippen LogP contribution in [0.2, 0.25) is 0 Å². The molecule has 3 heteroatoms. The summed E-state index contributed by atoms with van der Waals surface area (Å²) in [5.74, 6) is -0.0471. The van der Waals surface area contributed by atoms with Gasteiger partial charge >= 0.3 is 0 Å². The van der Waals surface area contributed by atoms with E-state index < -0.39 is 0 Å². The monoisotopic (exact) mass is 259 g/mol. The highest BCUT2D eigenvalue weighted by atomic mass is 19.1. The van der Waals surface area contributed by atoms with E-state index in [1.54, 1.807) is 18.2 Å². The molecule has 1 N–H and O–H groups in total. The molecule has 2 nitrogen and oxygen atoms in total. The largest absolute Gasteiger partial charge is 0.481 e. The molecule has 2 rings (SSSR count). The van der Waals surface area contributed by atoms with Crippen LogP contribution in [0.25, 0.3) is 0 Å². The molecule has 0 fully saturated rings. The van der Waals surface area contributed by atoms with E-state index in [0.717, 1.165) is 12.1 Å². The van der Waals surface area contributed by atoms with Gasteiger partial charge in [-0.2, -0.15) is 0 Å². The molecule has 0 aliphatic carbocycles. The minimum Gasteiger partial charge on any atom is -0.481 e. The van der Waals surface area contributed by atoms with Crippen LogP contribution in [0.3, 0.4) is 0 Å². The Hall–Kier alpha value is -1.87. The van der Waals surface area contributed by atoms with Gasteiger partial charge in [0.1, 0.15) is 6.10 Å². The Morgan fingerprint density at radius 1 is 1.05 bits per heavy atom. The molecule has 0 spiro atoms. The van der Waals surface area contributed by atoms with E-state index in [1.807, 2.05) is 37.3 Å². The van der Waals surface area contributed by atoms with Crippen molar-refractivity contribution in [1.82, 2.24) is 5.32 Å². The summed E-state index contributed by atoms with van der Waals surface area (Å²) in [6.45, 7) is 3.53. The topological polar surface area (TPSA) is 21.3 Å². The Morgan fingerprint density at radius 2 is 1.74 bits per heavy atom. The molecule has 19 heavy (non-hydrogen) atoms. The molecule has 2 aromatic carbocycles. The van der Waals surface area contributed by atoms with Crippen molar-refractivity contribution in [2.45, 2.75) is 13.0 Å². The molecular weight excluding hydrogens is 241 g/mol. The molecule has 0 saturated heterocycles. The molecule has 0 aliphatic heterocycles. The van der Waals surface area contributed by atoms with Crippen molar-refractivity contribution >= 4 is 0 Å². The first-order valence-corrected chi connectivity index (χ1v) is 6.48. The first-order chi connectivity index (χ1) is 9.31. The molecule has 0 aromatic heterocycles. The molecule has 0 saturated carbocycles. The van der Waals surface area contributed by atoms with Crippen LogP contribution >= 0.6 is 0 Å². The Kier molecular flexibility index (Phi) is 4.93. The third-order valence-corrected chi connectivity index (χ3v) is 2.86. The maximum atomic E-state index is 13.6. The van der Waals surface area contributed by atoms with Crippen LogP contribution in [-0.2, 0) is 0 Å². The molecule has 0 bridgehead atoms. The second-order valence-electron chi connectivity index (χ2n) is 4.26. The number of ether oxygens (including phenoxy) is 1. The van der Waals surface area contributed by atoms with Gasteiger partial charge in [0.15, 0.2) is 11.6 Å². The van der Waals surface area contributed by atoms with Crippen molar-refractivity contribution in [3.8, 4) is 5.75 Å². The Bertz CT molecular complexity index is 501. The predicted molar refractivity (Wildman–Crippen MR) is 74.8 cm³/mol. The van der Waals surface area contributed by atoms with Crippen molar-refractivity contribution in [1.29, 1.82) is 0 Å². The molecule has 1 unspecified atom stereocenters. The van der Waals surface area contributed by atoms with Crippen molar-refractivity contribution in [2.24, 2.45) is 0 Å². The minimum atomic E-state index is -0.333. The molecule has 0 radical (unpaired) electrons. The summed E-state index contributed by atoms with van der Waals surface area (Å²) in [5, 5.41) is 3.24. The molecule has 1 atom stereocenters. The van der Waals surface area contributed by atoms with E-state index >= 15 is 0 Å². The zero-order chi connectivity index (χ0) is 13.5. The summed E-state index contributed by atoms with van der Waals surface area (Å²) in [4.78, 5) is 0. The van der Waals surface area contributed by atoms with Gasteiger partial charge in [-0.3, -0.25) is 0 Å². The highest BCUT2D eigenvalue weighted by Crippen LogP contribution is 2.23. The van der Waals surface area contributed by atoms with Crippen molar-refractivity contribution < 1.29 is 9.13 Å². The predicted octanol–water partition coefficient (Wildman–Crippen LogP) is 3.56.